The van der Waals surface area contributed by atoms with Gasteiger partial charge in [0.05, 0.1) is 19.8 Å². The zero-order valence-electron chi connectivity index (χ0n) is 11.6. The first-order chi connectivity index (χ1) is 9.72. The Morgan fingerprint density at radius 1 is 1.25 bits per heavy atom. The number of hydrogen-bond acceptors (Lipinski definition) is 4. The fraction of sp³-hybridized carbons (Fsp3) is 0.400. The van der Waals surface area contributed by atoms with Crippen molar-refractivity contribution in [3.05, 3.63) is 35.9 Å². The molecule has 110 valence electrons. The van der Waals surface area contributed by atoms with E-state index in [0.29, 0.717) is 26.4 Å². The number of methoxy groups -OCH3 is 1. The first-order valence-electron chi connectivity index (χ1n) is 6.43. The molecule has 1 aromatic rings. The van der Waals surface area contributed by atoms with Gasteiger partial charge in [-0.15, -0.1) is 0 Å². The van der Waals surface area contributed by atoms with Gasteiger partial charge in [-0.1, -0.05) is 12.1 Å². The summed E-state index contributed by atoms with van der Waals surface area (Å²) in [6, 6.07) is 7.28. The van der Waals surface area contributed by atoms with Gasteiger partial charge < -0.3 is 19.3 Å². The number of carboxylic acids is 1. The Balaban J connectivity index is 2.26. The van der Waals surface area contributed by atoms with Crippen LogP contribution in [0.1, 0.15) is 12.0 Å². The number of ether oxygens (including phenoxy) is 3. The fourth-order valence-electron chi connectivity index (χ4n) is 1.47. The second-order valence-corrected chi connectivity index (χ2v) is 4.05. The molecule has 0 fully saturated rings. The van der Waals surface area contributed by atoms with Gasteiger partial charge in [-0.25, -0.2) is 4.79 Å². The van der Waals surface area contributed by atoms with Crippen LogP contribution in [0.5, 0.6) is 5.75 Å². The van der Waals surface area contributed by atoms with Crippen LogP contribution in [-0.2, 0) is 14.3 Å². The van der Waals surface area contributed by atoms with Gasteiger partial charge in [-0.2, -0.15) is 0 Å². The molecule has 0 aromatic heterocycles. The summed E-state index contributed by atoms with van der Waals surface area (Å²) in [6.07, 6.45) is 3.42. The zero-order chi connectivity index (χ0) is 14.6. The lowest BCUT2D eigenvalue weighted by Crippen LogP contribution is -2.06. The van der Waals surface area contributed by atoms with Gasteiger partial charge in [0.2, 0.25) is 0 Å². The van der Waals surface area contributed by atoms with Crippen molar-refractivity contribution in [2.45, 2.75) is 6.42 Å². The van der Waals surface area contributed by atoms with Crippen LogP contribution in [0.2, 0.25) is 0 Å². The number of carboxylic acid groups (broad SMARTS) is 1. The van der Waals surface area contributed by atoms with E-state index in [1.165, 1.54) is 6.08 Å². The largest absolute Gasteiger partial charge is 0.493 e. The minimum atomic E-state index is -0.968. The smallest absolute Gasteiger partial charge is 0.328 e. The van der Waals surface area contributed by atoms with E-state index in [4.69, 9.17) is 19.3 Å². The molecule has 0 aliphatic rings. The highest BCUT2D eigenvalue weighted by molar-refractivity contribution is 5.85. The Kier molecular flexibility index (Phi) is 8.10. The summed E-state index contributed by atoms with van der Waals surface area (Å²) in [5.74, 6) is -0.251. The third-order valence-electron chi connectivity index (χ3n) is 2.41. The van der Waals surface area contributed by atoms with Gasteiger partial charge in [0, 0.05) is 26.2 Å². The Morgan fingerprint density at radius 2 is 2.10 bits per heavy atom. The molecule has 0 saturated heterocycles. The summed E-state index contributed by atoms with van der Waals surface area (Å²) in [5, 5.41) is 8.57. The molecule has 0 aliphatic heterocycles. The van der Waals surface area contributed by atoms with Crippen LogP contribution in [0.3, 0.4) is 0 Å². The summed E-state index contributed by atoms with van der Waals surface area (Å²) < 4.78 is 15.8. The van der Waals surface area contributed by atoms with Gasteiger partial charge >= 0.3 is 5.97 Å². The molecule has 20 heavy (non-hydrogen) atoms. The maximum absolute atomic E-state index is 10.4. The molecule has 0 unspecified atom stereocenters. The monoisotopic (exact) mass is 280 g/mol. The van der Waals surface area contributed by atoms with Crippen molar-refractivity contribution in [1.29, 1.82) is 0 Å². The van der Waals surface area contributed by atoms with Crippen molar-refractivity contribution in [2.75, 3.05) is 33.5 Å². The van der Waals surface area contributed by atoms with Crippen LogP contribution in [0, 0.1) is 0 Å². The van der Waals surface area contributed by atoms with Gasteiger partial charge in [-0.3, -0.25) is 0 Å². The van der Waals surface area contributed by atoms with Crippen molar-refractivity contribution in [3.63, 3.8) is 0 Å². The predicted octanol–water partition coefficient (Wildman–Crippen LogP) is 2.22. The number of aliphatic carboxylic acids is 1. The second kappa shape index (κ2) is 10.00. The Hall–Kier alpha value is -1.85. The molecular weight excluding hydrogens is 260 g/mol. The van der Waals surface area contributed by atoms with Crippen LogP contribution >= 0.6 is 0 Å². The summed E-state index contributed by atoms with van der Waals surface area (Å²) in [5.41, 5.74) is 0.793. The topological polar surface area (TPSA) is 65.0 Å². The average molecular weight is 280 g/mol. The van der Waals surface area contributed by atoms with E-state index in [2.05, 4.69) is 0 Å². The van der Waals surface area contributed by atoms with Crippen molar-refractivity contribution in [3.8, 4) is 5.75 Å². The summed E-state index contributed by atoms with van der Waals surface area (Å²) in [4.78, 5) is 10.4. The molecule has 1 rings (SSSR count). The highest BCUT2D eigenvalue weighted by Crippen LogP contribution is 2.14. The third-order valence-corrected chi connectivity index (χ3v) is 2.41. The first-order valence-corrected chi connectivity index (χ1v) is 6.43. The third kappa shape index (κ3) is 7.56. The molecule has 1 N–H and O–H groups in total. The maximum atomic E-state index is 10.4. The van der Waals surface area contributed by atoms with Crippen LogP contribution in [-0.4, -0.2) is 44.6 Å². The van der Waals surface area contributed by atoms with E-state index in [1.807, 2.05) is 18.2 Å². The Morgan fingerprint density at radius 3 is 2.85 bits per heavy atom. The molecule has 0 amide bonds. The van der Waals surface area contributed by atoms with Crippen LogP contribution < -0.4 is 4.74 Å². The molecule has 0 heterocycles. The predicted molar refractivity (Wildman–Crippen MR) is 75.9 cm³/mol. The maximum Gasteiger partial charge on any atom is 0.328 e. The normalized spacial score (nSPS) is 10.8. The molecule has 1 aromatic carbocycles. The van der Waals surface area contributed by atoms with Gasteiger partial charge in [0.25, 0.3) is 0 Å². The summed E-state index contributed by atoms with van der Waals surface area (Å²) >= 11 is 0. The zero-order valence-corrected chi connectivity index (χ0v) is 11.6. The van der Waals surface area contributed by atoms with E-state index >= 15 is 0 Å². The van der Waals surface area contributed by atoms with Crippen molar-refractivity contribution >= 4 is 12.0 Å². The fourth-order valence-corrected chi connectivity index (χ4v) is 1.47. The minimum absolute atomic E-state index is 0.555. The second-order valence-electron chi connectivity index (χ2n) is 4.05. The molecule has 0 atom stereocenters. The quantitative estimate of drug-likeness (QED) is 0.526. The van der Waals surface area contributed by atoms with Crippen molar-refractivity contribution in [1.82, 2.24) is 0 Å². The molecule has 0 bridgehead atoms. The highest BCUT2D eigenvalue weighted by Gasteiger charge is 1.96. The SMILES string of the molecule is COCCOCCCOc1cccc(/C=C/C(=O)O)c1. The van der Waals surface area contributed by atoms with Gasteiger partial charge in [0.15, 0.2) is 0 Å². The first kappa shape index (κ1) is 16.2. The number of carbonyl (C=O) groups is 1. The molecule has 5 heteroatoms. The van der Waals surface area contributed by atoms with Gasteiger partial charge in [-0.05, 0) is 23.8 Å². The molecule has 0 saturated carbocycles. The van der Waals surface area contributed by atoms with Crippen LogP contribution in [0.4, 0.5) is 0 Å². The van der Waals surface area contributed by atoms with E-state index in [1.54, 1.807) is 13.2 Å². The lowest BCUT2D eigenvalue weighted by Gasteiger charge is -2.07. The molecule has 0 radical (unpaired) electrons. The molecule has 5 nitrogen and oxygen atoms in total. The van der Waals surface area contributed by atoms with E-state index in [0.717, 1.165) is 23.8 Å². The van der Waals surface area contributed by atoms with Crippen LogP contribution in [0.25, 0.3) is 6.08 Å². The molecule has 0 aliphatic carbocycles. The van der Waals surface area contributed by atoms with E-state index in [9.17, 15) is 4.79 Å². The van der Waals surface area contributed by atoms with Crippen molar-refractivity contribution in [2.24, 2.45) is 0 Å². The summed E-state index contributed by atoms with van der Waals surface area (Å²) in [6.45, 7) is 2.37. The minimum Gasteiger partial charge on any atom is -0.493 e. The highest BCUT2D eigenvalue weighted by atomic mass is 16.5. The van der Waals surface area contributed by atoms with Crippen molar-refractivity contribution < 1.29 is 24.1 Å². The average Bonchev–Trinajstić information content (AvgIpc) is 2.45. The lowest BCUT2D eigenvalue weighted by molar-refractivity contribution is -0.131. The van der Waals surface area contributed by atoms with Crippen LogP contribution in [0.15, 0.2) is 30.3 Å². The standard InChI is InChI=1S/C15H20O5/c1-18-10-11-19-8-3-9-20-14-5-2-4-13(12-14)6-7-15(16)17/h2,4-7,12H,3,8-11H2,1H3,(H,16,17)/b7-6+. The lowest BCUT2D eigenvalue weighted by atomic mass is 10.2. The van der Waals surface area contributed by atoms with E-state index in [-0.39, 0.29) is 0 Å². The number of rotatable bonds is 10. The molecular formula is C15H20O5. The van der Waals surface area contributed by atoms with E-state index < -0.39 is 5.97 Å². The molecule has 0 spiro atoms. The number of benzene rings is 1. The number of hydrogen-bond donors (Lipinski definition) is 1. The Labute approximate surface area is 118 Å². The summed E-state index contributed by atoms with van der Waals surface area (Å²) in [7, 11) is 1.64. The van der Waals surface area contributed by atoms with Gasteiger partial charge in [0.1, 0.15) is 5.75 Å². The Bertz CT molecular complexity index is 428.